The molecule has 1 aromatic rings. The maximum absolute atomic E-state index is 10.6. The molecule has 0 aromatic heterocycles. The van der Waals surface area contributed by atoms with Gasteiger partial charge in [-0.15, -0.1) is 0 Å². The first-order chi connectivity index (χ1) is 13.0. The molecule has 0 amide bonds. The van der Waals surface area contributed by atoms with E-state index >= 15 is 0 Å². The molecule has 1 saturated carbocycles. The molecule has 152 valence electrons. The minimum absolute atomic E-state index is 0.358. The number of hydrogen-bond acceptors (Lipinski definition) is 2. The first-order valence-corrected chi connectivity index (χ1v) is 10.1. The zero-order chi connectivity index (χ0) is 21.2. The van der Waals surface area contributed by atoms with Gasteiger partial charge in [0, 0.05) is 5.56 Å². The van der Waals surface area contributed by atoms with Crippen LogP contribution < -0.4 is 0 Å². The summed E-state index contributed by atoms with van der Waals surface area (Å²) >= 11 is 0. The highest BCUT2D eigenvalue weighted by Gasteiger charge is 2.57. The number of hydrogen-bond donors (Lipinski definition) is 0. The Morgan fingerprint density at radius 3 is 2.18 bits per heavy atom. The summed E-state index contributed by atoms with van der Waals surface area (Å²) in [4.78, 5) is 10.6. The van der Waals surface area contributed by atoms with Gasteiger partial charge in [-0.1, -0.05) is 91.1 Å². The molecule has 3 rings (SSSR count). The second kappa shape index (κ2) is 8.11. The van der Waals surface area contributed by atoms with E-state index in [0.717, 1.165) is 23.1 Å². The summed E-state index contributed by atoms with van der Waals surface area (Å²) in [5.41, 5.74) is 5.92. The molecule has 0 N–H and O–H groups in total. The third kappa shape index (κ3) is 4.84. The fraction of sp³-hybridized carbons (Fsp3) is 0.500. The van der Waals surface area contributed by atoms with E-state index < -0.39 is 0 Å². The highest BCUT2D eigenvalue weighted by atomic mass is 16.5. The van der Waals surface area contributed by atoms with Gasteiger partial charge in [-0.05, 0) is 52.2 Å². The third-order valence-electron chi connectivity index (χ3n) is 6.29. The van der Waals surface area contributed by atoms with Crippen molar-refractivity contribution in [2.45, 2.75) is 66.9 Å². The maximum atomic E-state index is 10.6. The van der Waals surface area contributed by atoms with Gasteiger partial charge < -0.3 is 4.74 Å². The van der Waals surface area contributed by atoms with E-state index in [-0.39, 0.29) is 6.10 Å². The van der Waals surface area contributed by atoms with Gasteiger partial charge in [-0.2, -0.15) is 0 Å². The lowest BCUT2D eigenvalue weighted by Crippen LogP contribution is -2.15. The topological polar surface area (TPSA) is 26.3 Å². The quantitative estimate of drug-likeness (QED) is 0.515. The summed E-state index contributed by atoms with van der Waals surface area (Å²) in [5.74, 6) is 0. The summed E-state index contributed by atoms with van der Waals surface area (Å²) in [7, 11) is 0. The van der Waals surface area contributed by atoms with Gasteiger partial charge in [0.05, 0.1) is 0 Å². The summed E-state index contributed by atoms with van der Waals surface area (Å²) in [6.45, 7) is 22.3. The Labute approximate surface area is 171 Å². The van der Waals surface area contributed by atoms with Crippen molar-refractivity contribution in [2.24, 2.45) is 16.2 Å². The van der Waals surface area contributed by atoms with Crippen LogP contribution in [0.5, 0.6) is 0 Å². The molecule has 2 atom stereocenters. The molecule has 1 aromatic carbocycles. The predicted octanol–water partition coefficient (Wildman–Crippen LogP) is 6.98. The number of allylic oxidation sites excluding steroid dienone is 2. The van der Waals surface area contributed by atoms with Crippen LogP contribution in [0.25, 0.3) is 0 Å². The van der Waals surface area contributed by atoms with Crippen LogP contribution in [-0.2, 0) is 16.0 Å². The predicted molar refractivity (Wildman–Crippen MR) is 118 cm³/mol. The maximum Gasteiger partial charge on any atom is 0.294 e. The van der Waals surface area contributed by atoms with Crippen LogP contribution in [0.4, 0.5) is 0 Å². The zero-order valence-electron chi connectivity index (χ0n) is 18.5. The fourth-order valence-electron chi connectivity index (χ4n) is 4.63. The first kappa shape index (κ1) is 22.2. The van der Waals surface area contributed by atoms with Crippen molar-refractivity contribution in [3.63, 3.8) is 0 Å². The Hall–Kier alpha value is -2.09. The van der Waals surface area contributed by atoms with Gasteiger partial charge in [-0.3, -0.25) is 4.79 Å². The highest BCUT2D eigenvalue weighted by molar-refractivity contribution is 5.52. The van der Waals surface area contributed by atoms with E-state index in [4.69, 9.17) is 4.74 Å². The van der Waals surface area contributed by atoms with E-state index in [1.165, 1.54) is 18.4 Å². The molecule has 0 bridgehead atoms. The van der Waals surface area contributed by atoms with Crippen LogP contribution in [0, 0.1) is 16.2 Å². The van der Waals surface area contributed by atoms with Crippen molar-refractivity contribution in [1.82, 2.24) is 0 Å². The number of fused-ring (bicyclic) bond motifs is 1. The lowest BCUT2D eigenvalue weighted by atomic mass is 9.80. The fourth-order valence-corrected chi connectivity index (χ4v) is 4.63. The molecule has 2 aliphatic rings. The van der Waals surface area contributed by atoms with Gasteiger partial charge >= 0.3 is 0 Å². The minimum atomic E-state index is -0.358. The van der Waals surface area contributed by atoms with E-state index in [2.05, 4.69) is 54.7 Å². The van der Waals surface area contributed by atoms with Crippen molar-refractivity contribution >= 4 is 6.47 Å². The largest absolute Gasteiger partial charge is 0.455 e. The molecule has 0 heterocycles. The van der Waals surface area contributed by atoms with Crippen LogP contribution in [0.2, 0.25) is 0 Å². The Kier molecular flexibility index (Phi) is 6.43. The average Bonchev–Trinajstić information content (AvgIpc) is 3.09. The van der Waals surface area contributed by atoms with Gasteiger partial charge in [0.15, 0.2) is 6.10 Å². The smallest absolute Gasteiger partial charge is 0.294 e. The number of rotatable bonds is 5. The van der Waals surface area contributed by atoms with Crippen LogP contribution in [0.3, 0.4) is 0 Å². The molecule has 0 radical (unpaired) electrons. The van der Waals surface area contributed by atoms with Crippen molar-refractivity contribution in [3.05, 3.63) is 71.8 Å². The van der Waals surface area contributed by atoms with E-state index in [1.807, 2.05) is 24.3 Å². The molecule has 2 heteroatoms. The standard InChI is InChI=1S/C15H14O2.C11H22/c1-3-11-9-12-7-5-6-8-14(12)15(17-10-16)13(11)4-2;1-9(2,3)7-11(6)8-10(11,4)5/h3-8,10,15H,1-2,9H2;7-8H2,1-6H3. The van der Waals surface area contributed by atoms with Crippen molar-refractivity contribution in [2.75, 3.05) is 0 Å². The molecule has 2 unspecified atom stereocenters. The highest BCUT2D eigenvalue weighted by Crippen LogP contribution is 2.67. The normalized spacial score (nSPS) is 25.0. The molecule has 2 aliphatic carbocycles. The SMILES string of the molecule is C=CC1=C(C=C)C(OC=O)c2ccccc2C1.CC(C)(C)CC1(C)CC1(C)C. The van der Waals surface area contributed by atoms with Gasteiger partial charge in [-0.25, -0.2) is 0 Å². The molecule has 0 spiro atoms. The van der Waals surface area contributed by atoms with Crippen molar-refractivity contribution in [3.8, 4) is 0 Å². The van der Waals surface area contributed by atoms with E-state index in [0.29, 0.717) is 22.7 Å². The van der Waals surface area contributed by atoms with Crippen molar-refractivity contribution < 1.29 is 9.53 Å². The molecule has 2 nitrogen and oxygen atoms in total. The third-order valence-corrected chi connectivity index (χ3v) is 6.29. The van der Waals surface area contributed by atoms with Crippen LogP contribution in [-0.4, -0.2) is 6.47 Å². The molecule has 1 fully saturated rings. The van der Waals surface area contributed by atoms with Gasteiger partial charge in [0.25, 0.3) is 6.47 Å². The monoisotopic (exact) mass is 380 g/mol. The molecule has 28 heavy (non-hydrogen) atoms. The Morgan fingerprint density at radius 2 is 1.75 bits per heavy atom. The summed E-state index contributed by atoms with van der Waals surface area (Å²) < 4.78 is 5.19. The molecule has 0 saturated heterocycles. The van der Waals surface area contributed by atoms with Gasteiger partial charge in [0.1, 0.15) is 0 Å². The zero-order valence-corrected chi connectivity index (χ0v) is 18.5. The number of carbonyl (C=O) groups excluding carboxylic acids is 1. The number of carbonyl (C=O) groups is 1. The Bertz CT molecular complexity index is 776. The van der Waals surface area contributed by atoms with Crippen LogP contribution in [0.1, 0.15) is 71.6 Å². The molecular weight excluding hydrogens is 344 g/mol. The Balaban J connectivity index is 0.000000221. The molecule has 0 aliphatic heterocycles. The van der Waals surface area contributed by atoms with Crippen molar-refractivity contribution in [1.29, 1.82) is 0 Å². The van der Waals surface area contributed by atoms with Crippen LogP contribution >= 0.6 is 0 Å². The lowest BCUT2D eigenvalue weighted by Gasteiger charge is -2.27. The second-order valence-corrected chi connectivity index (χ2v) is 10.2. The summed E-state index contributed by atoms with van der Waals surface area (Å²) in [6.07, 6.45) is 6.77. The number of benzene rings is 1. The Morgan fingerprint density at radius 1 is 1.14 bits per heavy atom. The minimum Gasteiger partial charge on any atom is -0.455 e. The summed E-state index contributed by atoms with van der Waals surface area (Å²) in [5, 5.41) is 0. The summed E-state index contributed by atoms with van der Waals surface area (Å²) in [6, 6.07) is 7.95. The van der Waals surface area contributed by atoms with Crippen LogP contribution in [0.15, 0.2) is 60.7 Å². The average molecular weight is 381 g/mol. The first-order valence-electron chi connectivity index (χ1n) is 10.1. The lowest BCUT2D eigenvalue weighted by molar-refractivity contribution is -0.132. The number of ether oxygens (including phenoxy) is 1. The second-order valence-electron chi connectivity index (χ2n) is 10.2. The van der Waals surface area contributed by atoms with Gasteiger partial charge in [0.2, 0.25) is 0 Å². The molecular formula is C26H36O2. The van der Waals surface area contributed by atoms with E-state index in [1.54, 1.807) is 12.2 Å². The van der Waals surface area contributed by atoms with E-state index in [9.17, 15) is 4.79 Å².